The Labute approximate surface area is 318 Å². The Kier molecular flexibility index (Phi) is 19.6. The van der Waals surface area contributed by atoms with Gasteiger partial charge in [0.2, 0.25) is 11.8 Å². The SMILES string of the molecule is CC(C)(C)OC(=O)N[C@@H](CCC(=O)OCc1ccccc1)C(=O)NCCCCCCNC(=O)[C@H](CCC(=O)OCc1ccccc1)NC(=O)OC(C)(C)C. The molecule has 0 unspecified atom stereocenters. The van der Waals surface area contributed by atoms with Crippen LogP contribution in [-0.4, -0.2) is 72.3 Å². The summed E-state index contributed by atoms with van der Waals surface area (Å²) in [5.74, 6) is -1.89. The monoisotopic (exact) mass is 754 g/mol. The van der Waals surface area contributed by atoms with Crippen molar-refractivity contribution < 1.29 is 47.7 Å². The molecule has 0 aliphatic heterocycles. The highest BCUT2D eigenvalue weighted by molar-refractivity contribution is 5.87. The molecule has 0 heterocycles. The van der Waals surface area contributed by atoms with Crippen LogP contribution in [0.15, 0.2) is 60.7 Å². The van der Waals surface area contributed by atoms with Gasteiger partial charge in [-0.15, -0.1) is 0 Å². The van der Waals surface area contributed by atoms with E-state index in [1.165, 1.54) is 0 Å². The molecule has 0 saturated heterocycles. The lowest BCUT2D eigenvalue weighted by Gasteiger charge is -2.23. The predicted molar refractivity (Wildman–Crippen MR) is 202 cm³/mol. The number of hydrogen-bond acceptors (Lipinski definition) is 10. The van der Waals surface area contributed by atoms with Gasteiger partial charge in [0.25, 0.3) is 0 Å². The Morgan fingerprint density at radius 3 is 1.22 bits per heavy atom. The van der Waals surface area contributed by atoms with Crippen molar-refractivity contribution >= 4 is 35.9 Å². The van der Waals surface area contributed by atoms with E-state index < -0.39 is 59.2 Å². The maximum Gasteiger partial charge on any atom is 0.408 e. The summed E-state index contributed by atoms with van der Waals surface area (Å²) in [5, 5.41) is 10.7. The second-order valence-corrected chi connectivity index (χ2v) is 14.8. The predicted octanol–water partition coefficient (Wildman–Crippen LogP) is 5.61. The molecule has 0 spiro atoms. The number of carbonyl (C=O) groups excluding carboxylic acids is 6. The number of hydrogen-bond donors (Lipinski definition) is 4. The smallest absolute Gasteiger partial charge is 0.408 e. The van der Waals surface area contributed by atoms with Crippen LogP contribution in [0.5, 0.6) is 0 Å². The molecule has 2 aromatic carbocycles. The first-order chi connectivity index (χ1) is 25.5. The van der Waals surface area contributed by atoms with Crippen molar-refractivity contribution in [1.82, 2.24) is 21.3 Å². The van der Waals surface area contributed by atoms with E-state index in [-0.39, 0.29) is 38.9 Å². The molecule has 0 fully saturated rings. The average molecular weight is 755 g/mol. The zero-order valence-corrected chi connectivity index (χ0v) is 32.5. The van der Waals surface area contributed by atoms with Crippen LogP contribution in [0.25, 0.3) is 0 Å². The van der Waals surface area contributed by atoms with E-state index in [2.05, 4.69) is 21.3 Å². The molecule has 0 saturated carbocycles. The van der Waals surface area contributed by atoms with E-state index in [1.54, 1.807) is 41.5 Å². The van der Waals surface area contributed by atoms with Crippen molar-refractivity contribution in [3.05, 3.63) is 71.8 Å². The molecular formula is C40H58N4O10. The Bertz CT molecular complexity index is 1360. The highest BCUT2D eigenvalue weighted by atomic mass is 16.6. The Balaban J connectivity index is 1.77. The van der Waals surface area contributed by atoms with Gasteiger partial charge < -0.3 is 40.2 Å². The third-order valence-electron chi connectivity index (χ3n) is 7.48. The van der Waals surface area contributed by atoms with E-state index >= 15 is 0 Å². The fraction of sp³-hybridized carbons (Fsp3) is 0.550. The molecule has 298 valence electrons. The average Bonchev–Trinajstić information content (AvgIpc) is 3.10. The third kappa shape index (κ3) is 21.4. The molecule has 0 aromatic heterocycles. The molecule has 0 bridgehead atoms. The lowest BCUT2D eigenvalue weighted by Crippen LogP contribution is -2.48. The van der Waals surface area contributed by atoms with Crippen LogP contribution in [0.3, 0.4) is 0 Å². The molecule has 2 aromatic rings. The van der Waals surface area contributed by atoms with Gasteiger partial charge in [0.05, 0.1) is 0 Å². The number of benzene rings is 2. The maximum absolute atomic E-state index is 13.0. The molecule has 2 rings (SSSR count). The molecule has 4 N–H and O–H groups in total. The molecule has 0 radical (unpaired) electrons. The number of alkyl carbamates (subject to hydrolysis) is 2. The zero-order chi connectivity index (χ0) is 40.0. The van der Waals surface area contributed by atoms with Crippen LogP contribution in [-0.2, 0) is 51.3 Å². The first-order valence-electron chi connectivity index (χ1n) is 18.4. The molecule has 0 aliphatic carbocycles. The Hall–Kier alpha value is -5.14. The van der Waals surface area contributed by atoms with Crippen LogP contribution in [0.1, 0.15) is 104 Å². The lowest BCUT2D eigenvalue weighted by molar-refractivity contribution is -0.146. The zero-order valence-electron chi connectivity index (χ0n) is 32.5. The third-order valence-corrected chi connectivity index (χ3v) is 7.48. The quantitative estimate of drug-likeness (QED) is 0.0709. The molecule has 54 heavy (non-hydrogen) atoms. The molecule has 14 heteroatoms. The highest BCUT2D eigenvalue weighted by Gasteiger charge is 2.27. The van der Waals surface area contributed by atoms with Gasteiger partial charge in [-0.05, 0) is 78.4 Å². The van der Waals surface area contributed by atoms with Gasteiger partial charge in [-0.25, -0.2) is 9.59 Å². The van der Waals surface area contributed by atoms with E-state index in [4.69, 9.17) is 18.9 Å². The summed E-state index contributed by atoms with van der Waals surface area (Å²) in [6, 6.07) is 16.4. The fourth-order valence-corrected chi connectivity index (χ4v) is 4.86. The minimum absolute atomic E-state index is 0.0248. The van der Waals surface area contributed by atoms with Gasteiger partial charge in [0.15, 0.2) is 0 Å². The van der Waals surface area contributed by atoms with Gasteiger partial charge in [0.1, 0.15) is 36.5 Å². The summed E-state index contributed by atoms with van der Waals surface area (Å²) in [7, 11) is 0. The lowest BCUT2D eigenvalue weighted by atomic mass is 10.1. The maximum atomic E-state index is 13.0. The van der Waals surface area contributed by atoms with Crippen molar-refractivity contribution in [3.8, 4) is 0 Å². The number of nitrogens with one attached hydrogen (secondary N) is 4. The summed E-state index contributed by atoms with van der Waals surface area (Å²) in [6.07, 6.45) is 1.07. The normalized spacial score (nSPS) is 12.3. The van der Waals surface area contributed by atoms with Crippen LogP contribution in [0.4, 0.5) is 9.59 Å². The van der Waals surface area contributed by atoms with E-state index in [0.29, 0.717) is 25.9 Å². The first kappa shape index (κ1) is 45.0. The van der Waals surface area contributed by atoms with Crippen LogP contribution in [0, 0.1) is 0 Å². The molecule has 2 atom stereocenters. The first-order valence-corrected chi connectivity index (χ1v) is 18.4. The summed E-state index contributed by atoms with van der Waals surface area (Å²) < 4.78 is 21.2. The second-order valence-electron chi connectivity index (χ2n) is 14.8. The summed E-state index contributed by atoms with van der Waals surface area (Å²) in [5.41, 5.74) is 0.127. The van der Waals surface area contributed by atoms with Gasteiger partial charge in [-0.2, -0.15) is 0 Å². The second kappa shape index (κ2) is 23.5. The number of carbonyl (C=O) groups is 6. The van der Waals surface area contributed by atoms with Crippen LogP contribution in [0.2, 0.25) is 0 Å². The number of unbranched alkanes of at least 4 members (excludes halogenated alkanes) is 3. The van der Waals surface area contributed by atoms with Gasteiger partial charge in [-0.3, -0.25) is 19.2 Å². The minimum atomic E-state index is -1.01. The summed E-state index contributed by atoms with van der Waals surface area (Å²) in [4.78, 5) is 75.7. The number of ether oxygens (including phenoxy) is 4. The van der Waals surface area contributed by atoms with E-state index in [0.717, 1.165) is 24.0 Å². The summed E-state index contributed by atoms with van der Waals surface area (Å²) in [6.45, 7) is 11.1. The standard InChI is InChI=1S/C40H58N4O10/c1-39(2,3)53-37(49)43-31(21-23-33(45)51-27-29-17-11-9-12-18-29)35(47)41-25-15-7-8-16-26-42-36(48)32(44-38(50)54-40(4,5)6)22-24-34(46)52-28-30-19-13-10-14-20-30/h9-14,17-20,31-32H,7-8,15-16,21-28H2,1-6H3,(H,41,47)(H,42,48)(H,43,49)(H,44,50)/t31-,32-/m0/s1. The molecule has 0 aliphatic rings. The van der Waals surface area contributed by atoms with Crippen molar-refractivity contribution in [2.75, 3.05) is 13.1 Å². The van der Waals surface area contributed by atoms with Gasteiger partial charge >= 0.3 is 24.1 Å². The van der Waals surface area contributed by atoms with Crippen molar-refractivity contribution in [2.45, 2.75) is 129 Å². The van der Waals surface area contributed by atoms with E-state index in [9.17, 15) is 28.8 Å². The Morgan fingerprint density at radius 1 is 0.537 bits per heavy atom. The molecule has 14 nitrogen and oxygen atoms in total. The number of rotatable bonds is 21. The van der Waals surface area contributed by atoms with Crippen molar-refractivity contribution in [2.24, 2.45) is 0 Å². The van der Waals surface area contributed by atoms with Crippen LogP contribution < -0.4 is 21.3 Å². The van der Waals surface area contributed by atoms with Gasteiger partial charge in [0, 0.05) is 25.9 Å². The highest BCUT2D eigenvalue weighted by Crippen LogP contribution is 2.11. The number of esters is 2. The van der Waals surface area contributed by atoms with Crippen LogP contribution >= 0.6 is 0 Å². The molecular weight excluding hydrogens is 696 g/mol. The summed E-state index contributed by atoms with van der Waals surface area (Å²) >= 11 is 0. The van der Waals surface area contributed by atoms with Crippen molar-refractivity contribution in [3.63, 3.8) is 0 Å². The number of amides is 4. The van der Waals surface area contributed by atoms with E-state index in [1.807, 2.05) is 60.7 Å². The molecule has 4 amide bonds. The van der Waals surface area contributed by atoms with Crippen molar-refractivity contribution in [1.29, 1.82) is 0 Å². The van der Waals surface area contributed by atoms with Gasteiger partial charge in [-0.1, -0.05) is 73.5 Å². The largest absolute Gasteiger partial charge is 0.461 e. The Morgan fingerprint density at radius 2 is 0.889 bits per heavy atom. The minimum Gasteiger partial charge on any atom is -0.461 e. The topological polar surface area (TPSA) is 187 Å². The fourth-order valence-electron chi connectivity index (χ4n) is 4.86.